The normalized spacial score (nSPS) is 40.4. The van der Waals surface area contributed by atoms with E-state index in [1.807, 2.05) is 0 Å². The van der Waals surface area contributed by atoms with Crippen LogP contribution in [0.15, 0.2) is 0 Å². The second-order valence-electron chi connectivity index (χ2n) is 7.47. The number of ketones is 1. The first kappa shape index (κ1) is 13.6. The number of carbonyl (C=O) groups excluding carboxylic acids is 1. The molecule has 3 aliphatic rings. The molecule has 3 heteroatoms. The number of hydrogen-bond acceptors (Lipinski definition) is 3. The summed E-state index contributed by atoms with van der Waals surface area (Å²) in [6.07, 6.45) is 4.75. The largest absolute Gasteiger partial charge is 0.349 e. The molecule has 0 unspecified atom stereocenters. The van der Waals surface area contributed by atoms with Gasteiger partial charge in [-0.3, -0.25) is 4.79 Å². The summed E-state index contributed by atoms with van der Waals surface area (Å²) in [5.74, 6) is 1.27. The molecular weight excluding hydrogens is 240 g/mol. The number of ether oxygens (including phenoxy) is 2. The predicted octanol–water partition coefficient (Wildman–Crippen LogP) is 3.17. The first-order valence-corrected chi connectivity index (χ1v) is 7.76. The van der Waals surface area contributed by atoms with Crippen molar-refractivity contribution in [2.24, 2.45) is 23.2 Å². The molecule has 0 N–H and O–H groups in total. The number of carbonyl (C=O) groups is 1. The Kier molecular flexibility index (Phi) is 3.25. The second kappa shape index (κ2) is 4.56. The summed E-state index contributed by atoms with van der Waals surface area (Å²) in [6.45, 7) is 8.05. The van der Waals surface area contributed by atoms with Crippen molar-refractivity contribution in [2.75, 3.05) is 13.2 Å². The average molecular weight is 266 g/mol. The molecule has 108 valence electrons. The molecule has 19 heavy (non-hydrogen) atoms. The van der Waals surface area contributed by atoms with Crippen molar-refractivity contribution in [3.05, 3.63) is 0 Å². The van der Waals surface area contributed by atoms with Crippen LogP contribution in [0.3, 0.4) is 0 Å². The van der Waals surface area contributed by atoms with E-state index >= 15 is 0 Å². The van der Waals surface area contributed by atoms with Gasteiger partial charge in [0.15, 0.2) is 5.79 Å². The number of rotatable bonds is 1. The summed E-state index contributed by atoms with van der Waals surface area (Å²) in [5.41, 5.74) is 0.123. The van der Waals surface area contributed by atoms with Gasteiger partial charge in [-0.15, -0.1) is 0 Å². The van der Waals surface area contributed by atoms with Gasteiger partial charge in [-0.05, 0) is 25.2 Å². The fourth-order valence-electron chi connectivity index (χ4n) is 4.08. The Hall–Kier alpha value is -0.410. The Morgan fingerprint density at radius 2 is 1.95 bits per heavy atom. The molecule has 3 rings (SSSR count). The zero-order valence-electron chi connectivity index (χ0n) is 12.4. The molecule has 1 saturated heterocycles. The maximum absolute atomic E-state index is 12.1. The van der Waals surface area contributed by atoms with Crippen molar-refractivity contribution in [3.63, 3.8) is 0 Å². The highest BCUT2D eigenvalue weighted by Gasteiger charge is 2.56. The lowest BCUT2D eigenvalue weighted by Gasteiger charge is -2.47. The van der Waals surface area contributed by atoms with Crippen LogP contribution in [-0.4, -0.2) is 24.8 Å². The van der Waals surface area contributed by atoms with Crippen molar-refractivity contribution in [1.82, 2.24) is 0 Å². The van der Waals surface area contributed by atoms with E-state index in [0.717, 1.165) is 45.3 Å². The maximum Gasteiger partial charge on any atom is 0.171 e. The Morgan fingerprint density at radius 1 is 1.26 bits per heavy atom. The Morgan fingerprint density at radius 3 is 2.58 bits per heavy atom. The van der Waals surface area contributed by atoms with Gasteiger partial charge in [0, 0.05) is 30.1 Å². The predicted molar refractivity (Wildman–Crippen MR) is 72.7 cm³/mol. The quantitative estimate of drug-likeness (QED) is 0.731. The van der Waals surface area contributed by atoms with Crippen molar-refractivity contribution in [2.45, 2.75) is 58.7 Å². The van der Waals surface area contributed by atoms with E-state index in [0.29, 0.717) is 17.6 Å². The van der Waals surface area contributed by atoms with Crippen LogP contribution in [0, 0.1) is 23.2 Å². The minimum Gasteiger partial charge on any atom is -0.349 e. The second-order valence-corrected chi connectivity index (χ2v) is 7.47. The van der Waals surface area contributed by atoms with Crippen LogP contribution in [0.1, 0.15) is 52.9 Å². The summed E-state index contributed by atoms with van der Waals surface area (Å²) >= 11 is 0. The SMILES string of the molecule is CC[C@@H]1C[C@H]2[C@H](CCC23OCC(C)(C)CO3)CC1=O. The molecule has 0 aromatic rings. The molecule has 2 saturated carbocycles. The van der Waals surface area contributed by atoms with Gasteiger partial charge < -0.3 is 9.47 Å². The topological polar surface area (TPSA) is 35.5 Å². The lowest BCUT2D eigenvalue weighted by Crippen LogP contribution is -2.52. The van der Waals surface area contributed by atoms with Gasteiger partial charge in [0.1, 0.15) is 5.78 Å². The summed E-state index contributed by atoms with van der Waals surface area (Å²) in [7, 11) is 0. The Bertz CT molecular complexity index is 364. The van der Waals surface area contributed by atoms with Gasteiger partial charge in [-0.1, -0.05) is 20.8 Å². The van der Waals surface area contributed by atoms with Crippen molar-refractivity contribution in [3.8, 4) is 0 Å². The van der Waals surface area contributed by atoms with Crippen molar-refractivity contribution < 1.29 is 14.3 Å². The smallest absolute Gasteiger partial charge is 0.171 e. The minimum atomic E-state index is -0.367. The molecule has 3 fully saturated rings. The van der Waals surface area contributed by atoms with E-state index in [-0.39, 0.29) is 17.1 Å². The van der Waals surface area contributed by atoms with Crippen LogP contribution in [0.4, 0.5) is 0 Å². The van der Waals surface area contributed by atoms with Gasteiger partial charge in [0.25, 0.3) is 0 Å². The molecule has 1 heterocycles. The van der Waals surface area contributed by atoms with E-state index in [1.54, 1.807) is 0 Å². The molecule has 0 radical (unpaired) electrons. The third-order valence-corrected chi connectivity index (χ3v) is 5.36. The zero-order chi connectivity index (χ0) is 13.7. The zero-order valence-corrected chi connectivity index (χ0v) is 12.4. The van der Waals surface area contributed by atoms with Crippen LogP contribution in [0.2, 0.25) is 0 Å². The lowest BCUT2D eigenvalue weighted by atomic mass is 9.72. The number of hydrogen-bond donors (Lipinski definition) is 0. The number of fused-ring (bicyclic) bond motifs is 2. The van der Waals surface area contributed by atoms with Crippen molar-refractivity contribution in [1.29, 1.82) is 0 Å². The highest BCUT2D eigenvalue weighted by atomic mass is 16.7. The molecule has 3 atom stereocenters. The molecule has 1 aliphatic heterocycles. The fourth-order valence-corrected chi connectivity index (χ4v) is 4.08. The maximum atomic E-state index is 12.1. The van der Waals surface area contributed by atoms with E-state index in [9.17, 15) is 4.79 Å². The molecule has 0 aromatic heterocycles. The highest BCUT2D eigenvalue weighted by Crippen LogP contribution is 2.53. The van der Waals surface area contributed by atoms with Crippen LogP contribution < -0.4 is 0 Å². The molecule has 3 nitrogen and oxygen atoms in total. The summed E-state index contributed by atoms with van der Waals surface area (Å²) < 4.78 is 12.4. The molecule has 0 amide bonds. The van der Waals surface area contributed by atoms with E-state index in [1.165, 1.54) is 0 Å². The molecule has 2 aliphatic carbocycles. The van der Waals surface area contributed by atoms with Crippen LogP contribution >= 0.6 is 0 Å². The highest BCUT2D eigenvalue weighted by molar-refractivity contribution is 5.82. The van der Waals surface area contributed by atoms with Crippen molar-refractivity contribution >= 4 is 5.78 Å². The van der Waals surface area contributed by atoms with Crippen LogP contribution in [-0.2, 0) is 14.3 Å². The molecule has 0 bridgehead atoms. The van der Waals surface area contributed by atoms with E-state index in [4.69, 9.17) is 9.47 Å². The van der Waals surface area contributed by atoms with Gasteiger partial charge in [-0.25, -0.2) is 0 Å². The summed E-state index contributed by atoms with van der Waals surface area (Å²) in [5, 5.41) is 0. The van der Waals surface area contributed by atoms with Gasteiger partial charge >= 0.3 is 0 Å². The molecule has 1 spiro atoms. The van der Waals surface area contributed by atoms with E-state index < -0.39 is 0 Å². The number of Topliss-reactive ketones (excluding diaryl/α,β-unsaturated/α-hetero) is 1. The Labute approximate surface area is 116 Å². The third kappa shape index (κ3) is 2.25. The monoisotopic (exact) mass is 266 g/mol. The average Bonchev–Trinajstić information content (AvgIpc) is 2.71. The first-order valence-electron chi connectivity index (χ1n) is 7.76. The molecule has 0 aromatic carbocycles. The Balaban J connectivity index is 1.76. The van der Waals surface area contributed by atoms with Gasteiger partial charge in [-0.2, -0.15) is 0 Å². The standard InChI is InChI=1S/C16H26O3/c1-4-11-7-13-12(8-14(11)17)5-6-16(13)18-9-15(2,3)10-19-16/h11-13H,4-10H2,1-3H3/t11-,12-,13+/m1/s1. The first-order chi connectivity index (χ1) is 8.96. The van der Waals surface area contributed by atoms with Crippen LogP contribution in [0.5, 0.6) is 0 Å². The van der Waals surface area contributed by atoms with Gasteiger partial charge in [0.05, 0.1) is 13.2 Å². The van der Waals surface area contributed by atoms with Gasteiger partial charge in [0.2, 0.25) is 0 Å². The van der Waals surface area contributed by atoms with E-state index in [2.05, 4.69) is 20.8 Å². The molecular formula is C16H26O3. The summed E-state index contributed by atoms with van der Waals surface area (Å²) in [6, 6.07) is 0. The summed E-state index contributed by atoms with van der Waals surface area (Å²) in [4.78, 5) is 12.1. The minimum absolute atomic E-state index is 0.123. The van der Waals surface area contributed by atoms with Crippen LogP contribution in [0.25, 0.3) is 0 Å². The lowest BCUT2D eigenvalue weighted by molar-refractivity contribution is -0.318. The fraction of sp³-hybridized carbons (Fsp3) is 0.938. The third-order valence-electron chi connectivity index (χ3n) is 5.36.